The molecule has 0 aromatic rings. The molecule has 0 aliphatic heterocycles. The Morgan fingerprint density at radius 1 is 1.27 bits per heavy atom. The zero-order valence-electron chi connectivity index (χ0n) is 7.02. The van der Waals surface area contributed by atoms with Crippen molar-refractivity contribution in [1.29, 1.82) is 0 Å². The van der Waals surface area contributed by atoms with Crippen LogP contribution in [0.1, 0.15) is 39.0 Å². The van der Waals surface area contributed by atoms with Gasteiger partial charge < -0.3 is 0 Å². The maximum atomic E-state index is 10.5. The Morgan fingerprint density at radius 3 is 2.45 bits per heavy atom. The molecule has 0 saturated heterocycles. The van der Waals surface area contributed by atoms with Crippen molar-refractivity contribution < 1.29 is 4.79 Å². The zero-order valence-corrected chi connectivity index (χ0v) is 7.02. The van der Waals surface area contributed by atoms with Gasteiger partial charge in [0.2, 0.25) is 5.78 Å². The standard InChI is InChI=1S/C10H14O/c1-9(11)7-8-10-5-3-2-4-6-10/h10H,2-6H2,1H3. The van der Waals surface area contributed by atoms with Gasteiger partial charge in [-0.25, -0.2) is 0 Å². The van der Waals surface area contributed by atoms with E-state index in [4.69, 9.17) is 0 Å². The van der Waals surface area contributed by atoms with Crippen LogP contribution in [0.25, 0.3) is 0 Å². The van der Waals surface area contributed by atoms with E-state index < -0.39 is 0 Å². The van der Waals surface area contributed by atoms with Crippen LogP contribution in [0.15, 0.2) is 0 Å². The summed E-state index contributed by atoms with van der Waals surface area (Å²) >= 11 is 0. The average Bonchev–Trinajstić information content (AvgIpc) is 2.03. The Labute approximate surface area is 68.2 Å². The van der Waals surface area contributed by atoms with Gasteiger partial charge in [0, 0.05) is 12.8 Å². The van der Waals surface area contributed by atoms with Crippen molar-refractivity contribution in [1.82, 2.24) is 0 Å². The predicted molar refractivity (Wildman–Crippen MR) is 45.0 cm³/mol. The Kier molecular flexibility index (Phi) is 3.16. The topological polar surface area (TPSA) is 17.1 Å². The van der Waals surface area contributed by atoms with E-state index in [1.165, 1.54) is 39.0 Å². The summed E-state index contributed by atoms with van der Waals surface area (Å²) in [6.45, 7) is 1.52. The van der Waals surface area contributed by atoms with Crippen molar-refractivity contribution in [3.8, 4) is 11.8 Å². The highest BCUT2D eigenvalue weighted by molar-refractivity contribution is 5.93. The van der Waals surface area contributed by atoms with Crippen LogP contribution in [0, 0.1) is 17.8 Å². The molecule has 1 aliphatic rings. The fraction of sp³-hybridized carbons (Fsp3) is 0.700. The second-order valence-corrected chi connectivity index (χ2v) is 3.16. The van der Waals surface area contributed by atoms with Gasteiger partial charge in [-0.2, -0.15) is 0 Å². The van der Waals surface area contributed by atoms with E-state index >= 15 is 0 Å². The molecular formula is C10H14O. The summed E-state index contributed by atoms with van der Waals surface area (Å²) in [6.07, 6.45) is 6.31. The summed E-state index contributed by atoms with van der Waals surface area (Å²) in [6, 6.07) is 0. The van der Waals surface area contributed by atoms with E-state index in [0.717, 1.165) is 0 Å². The highest BCUT2D eigenvalue weighted by atomic mass is 16.1. The molecule has 1 aliphatic carbocycles. The minimum absolute atomic E-state index is 0.00410. The molecule has 1 heteroatoms. The number of ketones is 1. The number of hydrogen-bond donors (Lipinski definition) is 0. The third-order valence-corrected chi connectivity index (χ3v) is 2.06. The lowest BCUT2D eigenvalue weighted by atomic mass is 9.90. The van der Waals surface area contributed by atoms with Crippen LogP contribution in [0.5, 0.6) is 0 Å². The SMILES string of the molecule is CC(=O)C#CC1CCCCC1. The lowest BCUT2D eigenvalue weighted by molar-refractivity contribution is -0.111. The molecule has 0 N–H and O–H groups in total. The highest BCUT2D eigenvalue weighted by Crippen LogP contribution is 2.22. The summed E-state index contributed by atoms with van der Waals surface area (Å²) in [5.41, 5.74) is 0. The van der Waals surface area contributed by atoms with Crippen LogP contribution in [0.3, 0.4) is 0 Å². The van der Waals surface area contributed by atoms with Crippen molar-refractivity contribution >= 4 is 5.78 Å². The molecule has 1 saturated carbocycles. The molecule has 60 valence electrons. The third kappa shape index (κ3) is 3.23. The zero-order chi connectivity index (χ0) is 8.10. The van der Waals surface area contributed by atoms with Crippen molar-refractivity contribution in [2.24, 2.45) is 5.92 Å². The van der Waals surface area contributed by atoms with Gasteiger partial charge >= 0.3 is 0 Å². The van der Waals surface area contributed by atoms with E-state index in [1.807, 2.05) is 0 Å². The Bertz CT molecular complexity index is 189. The number of hydrogen-bond acceptors (Lipinski definition) is 1. The molecule has 0 aromatic carbocycles. The van der Waals surface area contributed by atoms with Crippen LogP contribution in [0.4, 0.5) is 0 Å². The average molecular weight is 150 g/mol. The first kappa shape index (κ1) is 8.33. The first-order valence-electron chi connectivity index (χ1n) is 4.31. The molecule has 1 fully saturated rings. The Morgan fingerprint density at radius 2 is 1.91 bits per heavy atom. The van der Waals surface area contributed by atoms with E-state index in [0.29, 0.717) is 5.92 Å². The molecule has 0 heterocycles. The normalized spacial score (nSPS) is 18.6. The van der Waals surface area contributed by atoms with Crippen molar-refractivity contribution in [2.75, 3.05) is 0 Å². The van der Waals surface area contributed by atoms with Gasteiger partial charge in [0.1, 0.15) is 0 Å². The molecule has 0 spiro atoms. The van der Waals surface area contributed by atoms with Gasteiger partial charge in [0.15, 0.2) is 0 Å². The van der Waals surface area contributed by atoms with Crippen LogP contribution in [0.2, 0.25) is 0 Å². The van der Waals surface area contributed by atoms with E-state index in [1.54, 1.807) is 0 Å². The highest BCUT2D eigenvalue weighted by Gasteiger charge is 2.09. The van der Waals surface area contributed by atoms with Gasteiger partial charge in [-0.1, -0.05) is 25.2 Å². The molecule has 0 atom stereocenters. The van der Waals surface area contributed by atoms with Crippen LogP contribution < -0.4 is 0 Å². The van der Waals surface area contributed by atoms with Crippen LogP contribution in [-0.2, 0) is 4.79 Å². The largest absolute Gasteiger partial charge is 0.285 e. The minimum atomic E-state index is -0.00410. The van der Waals surface area contributed by atoms with Crippen molar-refractivity contribution in [3.63, 3.8) is 0 Å². The third-order valence-electron chi connectivity index (χ3n) is 2.06. The smallest absolute Gasteiger partial charge is 0.202 e. The minimum Gasteiger partial charge on any atom is -0.285 e. The Balaban J connectivity index is 2.36. The molecule has 0 radical (unpaired) electrons. The quantitative estimate of drug-likeness (QED) is 0.382. The van der Waals surface area contributed by atoms with Crippen LogP contribution in [-0.4, -0.2) is 5.78 Å². The first-order valence-corrected chi connectivity index (χ1v) is 4.31. The van der Waals surface area contributed by atoms with E-state index in [9.17, 15) is 4.79 Å². The fourth-order valence-corrected chi connectivity index (χ4v) is 1.45. The lowest BCUT2D eigenvalue weighted by Gasteiger charge is -2.15. The van der Waals surface area contributed by atoms with Crippen molar-refractivity contribution in [2.45, 2.75) is 39.0 Å². The summed E-state index contributed by atoms with van der Waals surface area (Å²) in [7, 11) is 0. The van der Waals surface area contributed by atoms with E-state index in [2.05, 4.69) is 11.8 Å². The van der Waals surface area contributed by atoms with Gasteiger partial charge in [-0.05, 0) is 18.8 Å². The Hall–Kier alpha value is -0.770. The molecular weight excluding hydrogens is 136 g/mol. The molecule has 0 unspecified atom stereocenters. The predicted octanol–water partition coefficient (Wildman–Crippen LogP) is 2.16. The van der Waals surface area contributed by atoms with Crippen LogP contribution >= 0.6 is 0 Å². The number of rotatable bonds is 0. The number of carbonyl (C=O) groups excluding carboxylic acids is 1. The number of carbonyl (C=O) groups is 1. The molecule has 11 heavy (non-hydrogen) atoms. The molecule has 0 aromatic heterocycles. The molecule has 1 rings (SSSR count). The fourth-order valence-electron chi connectivity index (χ4n) is 1.45. The van der Waals surface area contributed by atoms with E-state index in [-0.39, 0.29) is 5.78 Å². The lowest BCUT2D eigenvalue weighted by Crippen LogP contribution is -2.03. The second-order valence-electron chi connectivity index (χ2n) is 3.16. The first-order chi connectivity index (χ1) is 5.29. The summed E-state index contributed by atoms with van der Waals surface area (Å²) < 4.78 is 0. The summed E-state index contributed by atoms with van der Waals surface area (Å²) in [5, 5.41) is 0. The molecule has 1 nitrogen and oxygen atoms in total. The number of Topliss-reactive ketones (excluding diaryl/α,β-unsaturated/α-hetero) is 1. The molecule has 0 bridgehead atoms. The second kappa shape index (κ2) is 4.18. The monoisotopic (exact) mass is 150 g/mol. The van der Waals surface area contributed by atoms with Gasteiger partial charge in [0.25, 0.3) is 0 Å². The van der Waals surface area contributed by atoms with Gasteiger partial charge in [0.05, 0.1) is 0 Å². The maximum absolute atomic E-state index is 10.5. The summed E-state index contributed by atoms with van der Waals surface area (Å²) in [4.78, 5) is 10.5. The van der Waals surface area contributed by atoms with Crippen molar-refractivity contribution in [3.05, 3.63) is 0 Å². The molecule has 0 amide bonds. The van der Waals surface area contributed by atoms with Gasteiger partial charge in [-0.3, -0.25) is 4.79 Å². The maximum Gasteiger partial charge on any atom is 0.202 e. The summed E-state index contributed by atoms with van der Waals surface area (Å²) in [5.74, 6) is 6.15. The van der Waals surface area contributed by atoms with Gasteiger partial charge in [-0.15, -0.1) is 0 Å².